The van der Waals surface area contributed by atoms with Gasteiger partial charge in [-0.3, -0.25) is 4.98 Å². The van der Waals surface area contributed by atoms with E-state index in [1.165, 1.54) is 0 Å². The third kappa shape index (κ3) is 1.18. The van der Waals surface area contributed by atoms with Gasteiger partial charge in [0, 0.05) is 23.3 Å². The van der Waals surface area contributed by atoms with Crippen molar-refractivity contribution in [1.82, 2.24) is 4.98 Å². The highest BCUT2D eigenvalue weighted by molar-refractivity contribution is 7.99. The fourth-order valence-corrected chi connectivity index (χ4v) is 2.15. The highest BCUT2D eigenvalue weighted by Crippen LogP contribution is 2.22. The van der Waals surface area contributed by atoms with Crippen molar-refractivity contribution in [2.24, 2.45) is 5.16 Å². The van der Waals surface area contributed by atoms with Crippen LogP contribution in [-0.2, 0) is 5.75 Å². The molecule has 4 heteroatoms. The summed E-state index contributed by atoms with van der Waals surface area (Å²) < 4.78 is 0. The zero-order valence-electron chi connectivity index (χ0n) is 6.40. The first-order valence-electron chi connectivity index (χ1n) is 3.65. The van der Waals surface area contributed by atoms with Gasteiger partial charge < -0.3 is 5.21 Å². The van der Waals surface area contributed by atoms with Gasteiger partial charge in [-0.25, -0.2) is 0 Å². The maximum atomic E-state index is 8.68. The number of hydrogen-bond donors (Lipinski definition) is 1. The lowest BCUT2D eigenvalue weighted by molar-refractivity contribution is 0.319. The minimum Gasteiger partial charge on any atom is -0.411 e. The number of fused-ring (bicyclic) bond motifs is 1. The van der Waals surface area contributed by atoms with Gasteiger partial charge >= 0.3 is 0 Å². The lowest BCUT2D eigenvalue weighted by atomic mass is 10.1. The van der Waals surface area contributed by atoms with E-state index in [9.17, 15) is 0 Å². The number of rotatable bonds is 0. The van der Waals surface area contributed by atoms with E-state index in [2.05, 4.69) is 10.1 Å². The zero-order chi connectivity index (χ0) is 8.39. The molecule has 1 aliphatic rings. The van der Waals surface area contributed by atoms with E-state index >= 15 is 0 Å². The third-order valence-electron chi connectivity index (χ3n) is 1.80. The van der Waals surface area contributed by atoms with Crippen molar-refractivity contribution in [2.45, 2.75) is 5.75 Å². The summed E-state index contributed by atoms with van der Waals surface area (Å²) in [4.78, 5) is 4.20. The van der Waals surface area contributed by atoms with Crippen LogP contribution in [0.2, 0.25) is 0 Å². The number of hydrogen-bond acceptors (Lipinski definition) is 4. The minimum absolute atomic E-state index is 0.731. The number of aromatic nitrogens is 1. The molecule has 1 aromatic rings. The summed E-state index contributed by atoms with van der Waals surface area (Å²) >= 11 is 1.72. The second-order valence-corrected chi connectivity index (χ2v) is 3.52. The second kappa shape index (κ2) is 3.15. The van der Waals surface area contributed by atoms with Crippen molar-refractivity contribution in [3.05, 3.63) is 29.6 Å². The summed E-state index contributed by atoms with van der Waals surface area (Å²) in [5, 5.41) is 11.9. The van der Waals surface area contributed by atoms with Crippen LogP contribution in [-0.4, -0.2) is 21.7 Å². The Labute approximate surface area is 74.5 Å². The smallest absolute Gasteiger partial charge is 0.0985 e. The van der Waals surface area contributed by atoms with Crippen molar-refractivity contribution in [1.29, 1.82) is 0 Å². The summed E-state index contributed by atoms with van der Waals surface area (Å²) in [5.74, 6) is 1.68. The van der Waals surface area contributed by atoms with Crippen LogP contribution < -0.4 is 0 Å². The predicted octanol–water partition coefficient (Wildman–Crippen LogP) is 1.51. The maximum Gasteiger partial charge on any atom is 0.0985 e. The van der Waals surface area contributed by atoms with E-state index in [-0.39, 0.29) is 0 Å². The molecule has 0 fully saturated rings. The molecule has 62 valence electrons. The van der Waals surface area contributed by atoms with Crippen molar-refractivity contribution < 1.29 is 5.21 Å². The van der Waals surface area contributed by atoms with E-state index in [1.54, 1.807) is 18.0 Å². The Hall–Kier alpha value is -1.03. The highest BCUT2D eigenvalue weighted by atomic mass is 32.2. The molecule has 12 heavy (non-hydrogen) atoms. The molecule has 0 radical (unpaired) electrons. The Kier molecular flexibility index (Phi) is 1.99. The lowest BCUT2D eigenvalue weighted by Crippen LogP contribution is -2.14. The largest absolute Gasteiger partial charge is 0.411 e. The fourth-order valence-electron chi connectivity index (χ4n) is 1.22. The number of oxime groups is 1. The van der Waals surface area contributed by atoms with Gasteiger partial charge in [0.2, 0.25) is 0 Å². The molecule has 2 heterocycles. The Morgan fingerprint density at radius 1 is 1.50 bits per heavy atom. The maximum absolute atomic E-state index is 8.68. The summed E-state index contributed by atoms with van der Waals surface area (Å²) in [6, 6.07) is 3.80. The average molecular weight is 180 g/mol. The molecular weight excluding hydrogens is 172 g/mol. The summed E-state index contributed by atoms with van der Waals surface area (Å²) in [5.41, 5.74) is 2.73. The van der Waals surface area contributed by atoms with Crippen LogP contribution in [0.1, 0.15) is 11.3 Å². The molecular formula is C8H8N2OS. The van der Waals surface area contributed by atoms with Crippen LogP contribution in [0.25, 0.3) is 0 Å². The highest BCUT2D eigenvalue weighted by Gasteiger charge is 2.16. The fraction of sp³-hybridized carbons (Fsp3) is 0.250. The molecule has 0 saturated carbocycles. The number of thioether (sulfide) groups is 1. The van der Waals surface area contributed by atoms with Gasteiger partial charge in [0.25, 0.3) is 0 Å². The molecule has 0 spiro atoms. The van der Waals surface area contributed by atoms with E-state index in [4.69, 9.17) is 5.21 Å². The first-order chi connectivity index (χ1) is 5.92. The summed E-state index contributed by atoms with van der Waals surface area (Å²) in [6.45, 7) is 0. The van der Waals surface area contributed by atoms with E-state index < -0.39 is 0 Å². The molecule has 0 bridgehead atoms. The number of nitrogens with zero attached hydrogens (tertiary/aromatic N) is 2. The standard InChI is InChI=1S/C8H8N2OS/c11-10-8-5-12-4-7-6(8)2-1-3-9-7/h1-3,11H,4-5H2. The van der Waals surface area contributed by atoms with E-state index in [0.717, 1.165) is 28.5 Å². The topological polar surface area (TPSA) is 45.5 Å². The second-order valence-electron chi connectivity index (χ2n) is 2.54. The quantitative estimate of drug-likeness (QED) is 0.486. The summed E-state index contributed by atoms with van der Waals surface area (Å²) in [6.07, 6.45) is 1.76. The average Bonchev–Trinajstić information content (AvgIpc) is 2.17. The molecule has 1 N–H and O–H groups in total. The molecule has 0 aliphatic carbocycles. The van der Waals surface area contributed by atoms with Crippen molar-refractivity contribution in [3.63, 3.8) is 0 Å². The summed E-state index contributed by atoms with van der Waals surface area (Å²) in [7, 11) is 0. The molecule has 0 saturated heterocycles. The molecule has 0 amide bonds. The van der Waals surface area contributed by atoms with Gasteiger partial charge in [-0.2, -0.15) is 0 Å². The lowest BCUT2D eigenvalue weighted by Gasteiger charge is -2.14. The van der Waals surface area contributed by atoms with Gasteiger partial charge in [-0.05, 0) is 12.1 Å². The van der Waals surface area contributed by atoms with E-state index in [0.29, 0.717) is 0 Å². The van der Waals surface area contributed by atoms with Crippen molar-refractivity contribution in [2.75, 3.05) is 5.75 Å². The van der Waals surface area contributed by atoms with Crippen LogP contribution in [0.4, 0.5) is 0 Å². The molecule has 3 nitrogen and oxygen atoms in total. The normalized spacial score (nSPS) is 19.2. The van der Waals surface area contributed by atoms with Crippen molar-refractivity contribution in [3.8, 4) is 0 Å². The van der Waals surface area contributed by atoms with Crippen LogP contribution >= 0.6 is 11.8 Å². The first kappa shape index (κ1) is 7.61. The zero-order valence-corrected chi connectivity index (χ0v) is 7.21. The monoisotopic (exact) mass is 180 g/mol. The van der Waals surface area contributed by atoms with Crippen LogP contribution in [0, 0.1) is 0 Å². The SMILES string of the molecule is ON=C1CSCc2ncccc21. The van der Waals surface area contributed by atoms with Gasteiger partial charge in [-0.15, -0.1) is 11.8 Å². The Balaban J connectivity index is 2.51. The molecule has 2 rings (SSSR count). The van der Waals surface area contributed by atoms with Gasteiger partial charge in [0.05, 0.1) is 11.4 Å². The molecule has 0 aromatic carbocycles. The van der Waals surface area contributed by atoms with Crippen LogP contribution in [0.3, 0.4) is 0 Å². The van der Waals surface area contributed by atoms with Crippen molar-refractivity contribution >= 4 is 17.5 Å². The van der Waals surface area contributed by atoms with Gasteiger partial charge in [0.1, 0.15) is 0 Å². The molecule has 0 atom stereocenters. The van der Waals surface area contributed by atoms with Crippen LogP contribution in [0.5, 0.6) is 0 Å². The molecule has 1 aromatic heterocycles. The van der Waals surface area contributed by atoms with E-state index in [1.807, 2.05) is 12.1 Å². The first-order valence-corrected chi connectivity index (χ1v) is 4.80. The predicted molar refractivity (Wildman–Crippen MR) is 48.7 cm³/mol. The molecule has 0 unspecified atom stereocenters. The Morgan fingerprint density at radius 3 is 3.25 bits per heavy atom. The van der Waals surface area contributed by atoms with Gasteiger partial charge in [0.15, 0.2) is 0 Å². The van der Waals surface area contributed by atoms with Crippen LogP contribution in [0.15, 0.2) is 23.5 Å². The molecule has 1 aliphatic heterocycles. The Bertz CT molecular complexity index is 325. The Morgan fingerprint density at radius 2 is 2.42 bits per heavy atom. The third-order valence-corrected chi connectivity index (χ3v) is 2.75. The van der Waals surface area contributed by atoms with Gasteiger partial charge in [-0.1, -0.05) is 5.16 Å². The minimum atomic E-state index is 0.731. The number of pyridine rings is 1.